The predicted octanol–water partition coefficient (Wildman–Crippen LogP) is 0.986. The van der Waals surface area contributed by atoms with Crippen LogP contribution in [-0.2, 0) is 0 Å². The van der Waals surface area contributed by atoms with Crippen molar-refractivity contribution in [2.45, 2.75) is 13.2 Å². The molecule has 0 saturated carbocycles. The largest absolute Gasteiger partial charge is 0.463 e. The van der Waals surface area contributed by atoms with Gasteiger partial charge in [0.15, 0.2) is 6.29 Å². The van der Waals surface area contributed by atoms with Gasteiger partial charge < -0.3 is 15.6 Å². The Morgan fingerprint density at radius 1 is 1.45 bits per heavy atom. The molecule has 0 saturated heterocycles. The molecule has 0 amide bonds. The highest BCUT2D eigenvalue weighted by atomic mass is 16.6. The average Bonchev–Trinajstić information content (AvgIpc) is 1.93. The van der Waals surface area contributed by atoms with Crippen LogP contribution >= 0.6 is 0 Å². The third kappa shape index (κ3) is 2.13. The second kappa shape index (κ2) is 3.25. The summed E-state index contributed by atoms with van der Waals surface area (Å²) < 4.78 is 4.98. The van der Waals surface area contributed by atoms with E-state index in [4.69, 9.17) is 15.6 Å². The van der Waals surface area contributed by atoms with Gasteiger partial charge in [-0.3, -0.25) is 0 Å². The van der Waals surface area contributed by atoms with E-state index in [1.807, 2.05) is 6.07 Å². The molecule has 60 valence electrons. The van der Waals surface area contributed by atoms with Gasteiger partial charge in [0.1, 0.15) is 5.75 Å². The van der Waals surface area contributed by atoms with E-state index in [0.29, 0.717) is 11.4 Å². The zero-order valence-electron chi connectivity index (χ0n) is 6.32. The average molecular weight is 153 g/mol. The van der Waals surface area contributed by atoms with E-state index < -0.39 is 6.29 Å². The van der Waals surface area contributed by atoms with Crippen LogP contribution in [-0.4, -0.2) is 11.4 Å². The number of ether oxygens (including phenoxy) is 1. The maximum Gasteiger partial charge on any atom is 0.194 e. The van der Waals surface area contributed by atoms with Gasteiger partial charge in [-0.15, -0.1) is 0 Å². The first kappa shape index (κ1) is 7.88. The number of aliphatic hydroxyl groups is 1. The Morgan fingerprint density at radius 2 is 2.09 bits per heavy atom. The molecule has 3 heteroatoms. The highest BCUT2D eigenvalue weighted by Crippen LogP contribution is 2.20. The summed E-state index contributed by atoms with van der Waals surface area (Å²) in [5, 5.41) is 8.85. The molecule has 0 aliphatic heterocycles. The maximum absolute atomic E-state index is 8.85. The Kier molecular flexibility index (Phi) is 2.33. The Balaban J connectivity index is 2.78. The van der Waals surface area contributed by atoms with Crippen LogP contribution in [0.1, 0.15) is 6.92 Å². The van der Waals surface area contributed by atoms with Crippen LogP contribution in [0.4, 0.5) is 5.69 Å². The van der Waals surface area contributed by atoms with Gasteiger partial charge in [0.25, 0.3) is 0 Å². The van der Waals surface area contributed by atoms with Gasteiger partial charge in [0, 0.05) is 0 Å². The lowest BCUT2D eigenvalue weighted by atomic mass is 10.3. The molecule has 3 N–H and O–H groups in total. The molecule has 11 heavy (non-hydrogen) atoms. The van der Waals surface area contributed by atoms with Crippen molar-refractivity contribution in [3.05, 3.63) is 24.3 Å². The summed E-state index contributed by atoms with van der Waals surface area (Å²) in [5.74, 6) is 0.516. The lowest BCUT2D eigenvalue weighted by molar-refractivity contribution is 0.000277. The number of aliphatic hydroxyl groups excluding tert-OH is 1. The van der Waals surface area contributed by atoms with Crippen molar-refractivity contribution in [2.75, 3.05) is 5.73 Å². The molecule has 0 aliphatic carbocycles. The van der Waals surface area contributed by atoms with Gasteiger partial charge in [-0.05, 0) is 19.1 Å². The van der Waals surface area contributed by atoms with Crippen molar-refractivity contribution in [3.8, 4) is 5.75 Å². The highest BCUT2D eigenvalue weighted by Gasteiger charge is 2.00. The Labute approximate surface area is 65.4 Å². The minimum absolute atomic E-state index is 0.516. The number of hydrogen-bond acceptors (Lipinski definition) is 3. The summed E-state index contributed by atoms with van der Waals surface area (Å²) in [4.78, 5) is 0. The van der Waals surface area contributed by atoms with Crippen molar-refractivity contribution >= 4 is 5.69 Å². The van der Waals surface area contributed by atoms with Crippen molar-refractivity contribution in [1.29, 1.82) is 0 Å². The molecule has 0 aliphatic rings. The monoisotopic (exact) mass is 153 g/mol. The minimum atomic E-state index is -0.820. The van der Waals surface area contributed by atoms with Crippen molar-refractivity contribution in [1.82, 2.24) is 0 Å². The summed E-state index contributed by atoms with van der Waals surface area (Å²) in [6, 6.07) is 7.04. The number of nitrogens with two attached hydrogens (primary N) is 1. The first-order valence-electron chi connectivity index (χ1n) is 3.39. The molecule has 3 nitrogen and oxygen atoms in total. The van der Waals surface area contributed by atoms with E-state index in [-0.39, 0.29) is 0 Å². The van der Waals surface area contributed by atoms with E-state index in [1.54, 1.807) is 18.2 Å². The van der Waals surface area contributed by atoms with Crippen LogP contribution in [0.25, 0.3) is 0 Å². The molecule has 1 aromatic carbocycles. The first-order valence-corrected chi connectivity index (χ1v) is 3.39. The van der Waals surface area contributed by atoms with Gasteiger partial charge in [-0.1, -0.05) is 12.1 Å². The third-order valence-electron chi connectivity index (χ3n) is 1.22. The van der Waals surface area contributed by atoms with Crippen LogP contribution in [0.2, 0.25) is 0 Å². The van der Waals surface area contributed by atoms with Gasteiger partial charge >= 0.3 is 0 Å². The van der Waals surface area contributed by atoms with Crippen molar-refractivity contribution in [2.24, 2.45) is 0 Å². The molecular formula is C8H11NO2. The number of anilines is 1. The molecule has 0 heterocycles. The number of benzene rings is 1. The van der Waals surface area contributed by atoms with E-state index in [0.717, 1.165) is 0 Å². The van der Waals surface area contributed by atoms with Crippen molar-refractivity contribution in [3.63, 3.8) is 0 Å². The number of nitrogen functional groups attached to an aromatic ring is 1. The minimum Gasteiger partial charge on any atom is -0.463 e. The van der Waals surface area contributed by atoms with Crippen molar-refractivity contribution < 1.29 is 9.84 Å². The molecular weight excluding hydrogens is 142 g/mol. The summed E-state index contributed by atoms with van der Waals surface area (Å²) in [6.07, 6.45) is -0.820. The van der Waals surface area contributed by atoms with E-state index in [1.165, 1.54) is 6.92 Å². The first-order chi connectivity index (χ1) is 5.20. The molecule has 0 fully saturated rings. The Hall–Kier alpha value is -1.22. The number of para-hydroxylation sites is 2. The molecule has 0 bridgehead atoms. The van der Waals surface area contributed by atoms with Crippen LogP contribution in [0.5, 0.6) is 5.75 Å². The Bertz CT molecular complexity index is 235. The number of rotatable bonds is 2. The summed E-state index contributed by atoms with van der Waals surface area (Å²) in [5.41, 5.74) is 6.07. The van der Waals surface area contributed by atoms with Crippen LogP contribution in [0, 0.1) is 0 Å². The number of hydrogen-bond donors (Lipinski definition) is 2. The summed E-state index contributed by atoms with van der Waals surface area (Å²) in [7, 11) is 0. The third-order valence-corrected chi connectivity index (χ3v) is 1.22. The quantitative estimate of drug-likeness (QED) is 0.492. The van der Waals surface area contributed by atoms with E-state index >= 15 is 0 Å². The molecule has 1 aromatic rings. The second-order valence-electron chi connectivity index (χ2n) is 2.25. The van der Waals surface area contributed by atoms with E-state index in [2.05, 4.69) is 0 Å². The molecule has 0 aromatic heterocycles. The zero-order valence-corrected chi connectivity index (χ0v) is 6.32. The Morgan fingerprint density at radius 3 is 2.64 bits per heavy atom. The summed E-state index contributed by atoms with van der Waals surface area (Å²) >= 11 is 0. The maximum atomic E-state index is 8.85. The second-order valence-corrected chi connectivity index (χ2v) is 2.25. The fraction of sp³-hybridized carbons (Fsp3) is 0.250. The predicted molar refractivity (Wildman–Crippen MR) is 43.2 cm³/mol. The van der Waals surface area contributed by atoms with Gasteiger partial charge in [0.2, 0.25) is 0 Å². The lowest BCUT2D eigenvalue weighted by Crippen LogP contribution is -2.10. The normalized spacial score (nSPS) is 12.5. The van der Waals surface area contributed by atoms with Crippen LogP contribution < -0.4 is 10.5 Å². The topological polar surface area (TPSA) is 55.5 Å². The van der Waals surface area contributed by atoms with Gasteiger partial charge in [-0.2, -0.15) is 0 Å². The smallest absolute Gasteiger partial charge is 0.194 e. The molecule has 0 radical (unpaired) electrons. The molecule has 0 spiro atoms. The van der Waals surface area contributed by atoms with Crippen LogP contribution in [0.15, 0.2) is 24.3 Å². The fourth-order valence-electron chi connectivity index (χ4n) is 0.772. The SMILES string of the molecule is CC(O)Oc1ccccc1N. The van der Waals surface area contributed by atoms with Gasteiger partial charge in [-0.25, -0.2) is 0 Å². The van der Waals surface area contributed by atoms with Gasteiger partial charge in [0.05, 0.1) is 5.69 Å². The zero-order chi connectivity index (χ0) is 8.27. The highest BCUT2D eigenvalue weighted by molar-refractivity contribution is 5.51. The standard InChI is InChI=1S/C8H11NO2/c1-6(10)11-8-5-3-2-4-7(8)9/h2-6,10H,9H2,1H3. The molecule has 1 unspecified atom stereocenters. The summed E-state index contributed by atoms with van der Waals surface area (Å²) in [6.45, 7) is 1.53. The molecule has 1 rings (SSSR count). The lowest BCUT2D eigenvalue weighted by Gasteiger charge is -2.09. The molecule has 1 atom stereocenters. The fourth-order valence-corrected chi connectivity index (χ4v) is 0.772. The van der Waals surface area contributed by atoms with Crippen LogP contribution in [0.3, 0.4) is 0 Å². The van der Waals surface area contributed by atoms with E-state index in [9.17, 15) is 0 Å².